The number of hydrogen-bond acceptors (Lipinski definition) is 6. The lowest BCUT2D eigenvalue weighted by molar-refractivity contribution is -0.384. The van der Waals surface area contributed by atoms with E-state index in [-0.39, 0.29) is 24.3 Å². The van der Waals surface area contributed by atoms with Crippen LogP contribution in [0, 0.1) is 17.0 Å². The van der Waals surface area contributed by atoms with Crippen molar-refractivity contribution in [2.75, 3.05) is 0 Å². The molecule has 17 heavy (non-hydrogen) atoms. The van der Waals surface area contributed by atoms with Crippen LogP contribution in [0.15, 0.2) is 17.3 Å². The molecule has 9 heteroatoms. The van der Waals surface area contributed by atoms with Gasteiger partial charge < -0.3 is 9.31 Å². The number of aliphatic imine (C=N–C) groups is 1. The Bertz CT molecular complexity index is 532. The lowest BCUT2D eigenvalue weighted by atomic mass is 9.65. The molecule has 0 N–H and O–H groups in total. The van der Waals surface area contributed by atoms with Crippen LogP contribution in [0.5, 0.6) is 0 Å². The molecule has 1 aromatic rings. The van der Waals surface area contributed by atoms with Gasteiger partial charge in [-0.1, -0.05) is 0 Å². The number of nitrogens with zero attached hydrogens (tertiary/aromatic N) is 3. The van der Waals surface area contributed by atoms with Gasteiger partial charge in [-0.25, -0.2) is 4.98 Å². The molecule has 2 aliphatic rings. The van der Waals surface area contributed by atoms with Gasteiger partial charge in [0, 0.05) is 12.3 Å². The highest BCUT2D eigenvalue weighted by molar-refractivity contribution is 7.04. The van der Waals surface area contributed by atoms with Crippen LogP contribution in [0.3, 0.4) is 0 Å². The summed E-state index contributed by atoms with van der Waals surface area (Å²) in [6, 6.07) is 1.43. The van der Waals surface area contributed by atoms with Gasteiger partial charge in [-0.3, -0.25) is 10.1 Å². The average molecular weight is 230 g/mol. The van der Waals surface area contributed by atoms with Gasteiger partial charge in [0.05, 0.1) is 10.8 Å². The van der Waals surface area contributed by atoms with E-state index in [0.29, 0.717) is 11.4 Å². The maximum Gasteiger partial charge on any atom is 0.474 e. The Labute approximate surface area is 97.4 Å². The molecule has 0 aromatic carbocycles. The number of rotatable bonds is 3. The van der Waals surface area contributed by atoms with E-state index in [1.54, 1.807) is 14.4 Å². The predicted molar refractivity (Wildman–Crippen MR) is 60.2 cm³/mol. The minimum Gasteiger partial charge on any atom is -0.544 e. The second-order valence-corrected chi connectivity index (χ2v) is 3.84. The summed E-state index contributed by atoms with van der Waals surface area (Å²) >= 11 is 0. The van der Waals surface area contributed by atoms with Gasteiger partial charge in [0.1, 0.15) is 0 Å². The lowest BCUT2D eigenvalue weighted by Gasteiger charge is -1.96. The molecule has 1 atom stereocenters. The summed E-state index contributed by atoms with van der Waals surface area (Å²) in [5.41, 5.74) is 0.597. The topological polar surface area (TPSA) is 93.5 Å². The fourth-order valence-corrected chi connectivity index (χ4v) is 1.45. The maximum absolute atomic E-state index is 10.8. The molecule has 1 unspecified atom stereocenters. The summed E-state index contributed by atoms with van der Waals surface area (Å²) in [6.45, 7) is 1.54. The van der Waals surface area contributed by atoms with Gasteiger partial charge in [-0.05, 0) is 12.5 Å². The second-order valence-electron chi connectivity index (χ2n) is 3.84. The van der Waals surface area contributed by atoms with Crippen molar-refractivity contribution in [1.82, 2.24) is 4.98 Å². The monoisotopic (exact) mass is 230 g/mol. The number of aryl methyl sites for hydroxylation is 1. The molecule has 1 aromatic heterocycles. The summed E-state index contributed by atoms with van der Waals surface area (Å²) in [6.07, 6.45) is 1.53. The molecule has 0 saturated carbocycles. The third-order valence-corrected chi connectivity index (χ3v) is 2.42. The molecule has 2 aliphatic heterocycles. The second kappa shape index (κ2) is 3.56. The summed E-state index contributed by atoms with van der Waals surface area (Å²) in [4.78, 5) is 18.3. The van der Waals surface area contributed by atoms with Crippen LogP contribution >= 0.6 is 0 Å². The minimum absolute atomic E-state index is 0.0572. The van der Waals surface area contributed by atoms with E-state index in [4.69, 9.17) is 9.31 Å². The smallest absolute Gasteiger partial charge is 0.474 e. The molecule has 3 rings (SSSR count). The highest BCUT2D eigenvalue weighted by Gasteiger charge is 2.57. The third-order valence-electron chi connectivity index (χ3n) is 2.42. The van der Waals surface area contributed by atoms with Crippen molar-refractivity contribution in [1.29, 1.82) is 0 Å². The molecule has 3 heterocycles. The number of hydrogen-bond donors (Lipinski definition) is 0. The third kappa shape index (κ3) is 2.01. The Kier molecular flexibility index (Phi) is 2.15. The van der Waals surface area contributed by atoms with E-state index in [0.717, 1.165) is 0 Å². The lowest BCUT2D eigenvalue weighted by Crippen LogP contribution is -2.04. The zero-order valence-electron chi connectivity index (χ0n) is 8.86. The van der Waals surface area contributed by atoms with Crippen molar-refractivity contribution in [3.63, 3.8) is 0 Å². The first-order chi connectivity index (χ1) is 8.15. The van der Waals surface area contributed by atoms with E-state index in [1.165, 1.54) is 12.3 Å². The van der Waals surface area contributed by atoms with Gasteiger partial charge in [0.15, 0.2) is 5.80 Å². The molecule has 7 nitrogen and oxygen atoms in total. The molecule has 0 amide bonds. The standard InChI is InChI=1S/C8H6B2N3O4/c1-4-2-5(13(14)15)6(11-3-4)12-8-10(17-8)7-9-16-7/h2-3,7H,1H3/b12-8+. The van der Waals surface area contributed by atoms with Crippen molar-refractivity contribution < 1.29 is 14.2 Å². The highest BCUT2D eigenvalue weighted by Crippen LogP contribution is 2.30. The van der Waals surface area contributed by atoms with E-state index in [9.17, 15) is 10.1 Å². The summed E-state index contributed by atoms with van der Waals surface area (Å²) < 4.78 is 10.1. The normalized spacial score (nSPS) is 23.0. The van der Waals surface area contributed by atoms with Gasteiger partial charge >= 0.3 is 20.1 Å². The van der Waals surface area contributed by atoms with E-state index in [1.807, 2.05) is 0 Å². The average Bonchev–Trinajstić information content (AvgIpc) is 3.11. The van der Waals surface area contributed by atoms with Crippen LogP contribution in [0.4, 0.5) is 11.5 Å². The Morgan fingerprint density at radius 1 is 1.71 bits per heavy atom. The van der Waals surface area contributed by atoms with Gasteiger partial charge in [-0.2, -0.15) is 4.99 Å². The van der Waals surface area contributed by atoms with Gasteiger partial charge in [0.25, 0.3) is 0 Å². The number of aromatic nitrogens is 1. The SMILES string of the molecule is Cc1cnc(/N=C2/OB2C2[B]O2)c([N+](=O)[O-])c1. The summed E-state index contributed by atoms with van der Waals surface area (Å²) in [7, 11) is 1.63. The largest absolute Gasteiger partial charge is 0.544 e. The molecular formula is C8H6B2N3O4. The van der Waals surface area contributed by atoms with E-state index < -0.39 is 4.92 Å². The summed E-state index contributed by atoms with van der Waals surface area (Å²) in [5, 5.41) is 10.8. The Morgan fingerprint density at radius 3 is 3.12 bits per heavy atom. The van der Waals surface area contributed by atoms with Crippen molar-refractivity contribution in [3.05, 3.63) is 27.9 Å². The van der Waals surface area contributed by atoms with Crippen molar-refractivity contribution >= 4 is 31.7 Å². The molecule has 2 saturated heterocycles. The van der Waals surface area contributed by atoms with E-state index in [2.05, 4.69) is 9.98 Å². The molecule has 0 spiro atoms. The first kappa shape index (κ1) is 10.3. The van der Waals surface area contributed by atoms with Crippen LogP contribution in [0.2, 0.25) is 0 Å². The van der Waals surface area contributed by atoms with Crippen LogP contribution in [0.25, 0.3) is 0 Å². The molecule has 2 fully saturated rings. The zero-order valence-corrected chi connectivity index (χ0v) is 8.86. The minimum atomic E-state index is -0.503. The fourth-order valence-electron chi connectivity index (χ4n) is 1.45. The van der Waals surface area contributed by atoms with Crippen molar-refractivity contribution in [3.8, 4) is 0 Å². The summed E-state index contributed by atoms with van der Waals surface area (Å²) in [5.74, 6) is 0.445. The molecule has 1 radical (unpaired) electrons. The van der Waals surface area contributed by atoms with Crippen molar-refractivity contribution in [2.45, 2.75) is 12.8 Å². The van der Waals surface area contributed by atoms with Crippen LogP contribution in [-0.2, 0) is 9.31 Å². The van der Waals surface area contributed by atoms with Crippen LogP contribution in [-0.4, -0.2) is 36.0 Å². The zero-order chi connectivity index (χ0) is 12.0. The number of pyridine rings is 1. The van der Waals surface area contributed by atoms with Crippen molar-refractivity contribution in [2.24, 2.45) is 4.99 Å². The quantitative estimate of drug-likeness (QED) is 0.324. The molecule has 83 valence electrons. The van der Waals surface area contributed by atoms with Crippen LogP contribution in [0.1, 0.15) is 5.56 Å². The Balaban J connectivity index is 1.90. The van der Waals surface area contributed by atoms with Crippen LogP contribution < -0.4 is 0 Å². The molecular weight excluding hydrogens is 224 g/mol. The van der Waals surface area contributed by atoms with E-state index >= 15 is 0 Å². The Morgan fingerprint density at radius 2 is 2.47 bits per heavy atom. The highest BCUT2D eigenvalue weighted by atomic mass is 16.6. The van der Waals surface area contributed by atoms with Gasteiger partial charge in [-0.15, -0.1) is 0 Å². The molecule has 0 bridgehead atoms. The predicted octanol–water partition coefficient (Wildman–Crippen LogP) is 0.404. The number of nitro groups is 1. The Hall–Kier alpha value is -1.89. The first-order valence-electron chi connectivity index (χ1n) is 5.00. The molecule has 0 aliphatic carbocycles. The van der Waals surface area contributed by atoms with Gasteiger partial charge in [0.2, 0.25) is 5.82 Å². The first-order valence-corrected chi connectivity index (χ1v) is 5.00. The maximum atomic E-state index is 10.8. The fraction of sp³-hybridized carbons (Fsp3) is 0.250.